The van der Waals surface area contributed by atoms with E-state index in [9.17, 15) is 18.0 Å². The predicted molar refractivity (Wildman–Crippen MR) is 55.2 cm³/mol. The number of benzene rings is 1. The number of carbonyl (C=O) groups excluding carboxylic acids is 1. The molecule has 3 N–H and O–H groups in total. The number of halogens is 3. The minimum Gasteiger partial charge on any atom is -0.393 e. The molecule has 1 amide bonds. The summed E-state index contributed by atoms with van der Waals surface area (Å²) in [7, 11) is 0. The molecule has 0 aliphatic rings. The van der Waals surface area contributed by atoms with Crippen LogP contribution in [0.1, 0.15) is 15.9 Å². The Bertz CT molecular complexity index is 412. The second-order valence-electron chi connectivity index (χ2n) is 3.34. The molecule has 0 saturated carbocycles. The van der Waals surface area contributed by atoms with E-state index in [2.05, 4.69) is 0 Å². The van der Waals surface area contributed by atoms with Crippen LogP contribution < -0.4 is 5.73 Å². The van der Waals surface area contributed by atoms with Gasteiger partial charge in [-0.1, -0.05) is 12.1 Å². The van der Waals surface area contributed by atoms with Gasteiger partial charge >= 0.3 is 0 Å². The minimum atomic E-state index is -2.02. The van der Waals surface area contributed by atoms with E-state index >= 15 is 0 Å². The average Bonchev–Trinajstić information content (AvgIpc) is 2.31. The molecule has 0 aromatic heterocycles. The molecule has 0 fully saturated rings. The molecular weight excluding hydrogens is 235 g/mol. The Morgan fingerprint density at radius 1 is 1.41 bits per heavy atom. The molecule has 0 bridgehead atoms. The van der Waals surface area contributed by atoms with E-state index in [0.717, 1.165) is 12.1 Å². The lowest BCUT2D eigenvalue weighted by Crippen LogP contribution is -2.23. The number of aliphatic hydroxyl groups excluding tert-OH is 1. The van der Waals surface area contributed by atoms with Crippen molar-refractivity contribution in [1.82, 2.24) is 0 Å². The Balaban J connectivity index is 3.21. The summed E-state index contributed by atoms with van der Waals surface area (Å²) in [5.41, 5.74) is 4.08. The first kappa shape index (κ1) is 13.5. The largest absolute Gasteiger partial charge is 0.393 e. The number of hydrogen-bond donors (Lipinski definition) is 2. The number of primary amides is 1. The number of hydrogen-bond acceptors (Lipinski definition) is 2. The first-order valence-electron chi connectivity index (χ1n) is 4.78. The molecule has 1 aromatic carbocycles. The van der Waals surface area contributed by atoms with Gasteiger partial charge in [0.25, 0.3) is 5.91 Å². The highest BCUT2D eigenvalue weighted by molar-refractivity contribution is 5.93. The Kier molecular flexibility index (Phi) is 4.51. The van der Waals surface area contributed by atoms with Gasteiger partial charge in [-0.25, -0.2) is 13.2 Å². The van der Waals surface area contributed by atoms with E-state index < -0.39 is 42.7 Å². The van der Waals surface area contributed by atoms with Crippen molar-refractivity contribution in [1.29, 1.82) is 0 Å². The predicted octanol–water partition coefficient (Wildman–Crippen LogP) is 1.15. The van der Waals surface area contributed by atoms with E-state index in [1.165, 1.54) is 6.07 Å². The van der Waals surface area contributed by atoms with Crippen molar-refractivity contribution in [2.45, 2.75) is 6.17 Å². The van der Waals surface area contributed by atoms with E-state index in [1.54, 1.807) is 0 Å². The van der Waals surface area contributed by atoms with E-state index in [4.69, 9.17) is 10.8 Å². The second-order valence-corrected chi connectivity index (χ2v) is 3.34. The fourth-order valence-corrected chi connectivity index (χ4v) is 1.40. The molecule has 17 heavy (non-hydrogen) atoms. The lowest BCUT2D eigenvalue weighted by Gasteiger charge is -2.17. The highest BCUT2D eigenvalue weighted by Gasteiger charge is 2.27. The van der Waals surface area contributed by atoms with Crippen LogP contribution >= 0.6 is 0 Å². The molecule has 3 nitrogen and oxygen atoms in total. The van der Waals surface area contributed by atoms with Gasteiger partial charge in [0.2, 0.25) is 0 Å². The van der Waals surface area contributed by atoms with Crippen molar-refractivity contribution in [3.63, 3.8) is 0 Å². The number of amides is 1. The molecule has 93 valence electrons. The van der Waals surface area contributed by atoms with E-state index in [-0.39, 0.29) is 5.56 Å². The first-order valence-corrected chi connectivity index (χ1v) is 4.78. The summed E-state index contributed by atoms with van der Waals surface area (Å²) >= 11 is 0. The molecule has 0 aliphatic heterocycles. The summed E-state index contributed by atoms with van der Waals surface area (Å²) in [6.45, 7) is -2.22. The van der Waals surface area contributed by atoms with Crippen molar-refractivity contribution in [3.8, 4) is 0 Å². The van der Waals surface area contributed by atoms with Crippen LogP contribution in [-0.4, -0.2) is 30.5 Å². The van der Waals surface area contributed by atoms with E-state index in [1.807, 2.05) is 0 Å². The number of nitrogens with two attached hydrogens (primary N) is 1. The molecule has 0 heterocycles. The molecule has 0 unspecified atom stereocenters. The Morgan fingerprint density at radius 3 is 2.47 bits per heavy atom. The summed E-state index contributed by atoms with van der Waals surface area (Å²) < 4.78 is 39.5. The number of alkyl halides is 2. The van der Waals surface area contributed by atoms with Crippen LogP contribution in [0.5, 0.6) is 0 Å². The van der Waals surface area contributed by atoms with Crippen LogP contribution in [0.2, 0.25) is 0 Å². The number of rotatable bonds is 5. The maximum atomic E-state index is 13.7. The van der Waals surface area contributed by atoms with Crippen molar-refractivity contribution in [2.75, 3.05) is 13.3 Å². The Labute approximate surface area is 96.0 Å². The molecule has 1 radical (unpaired) electrons. The molecule has 0 aliphatic carbocycles. The molecule has 0 spiro atoms. The monoisotopic (exact) mass is 246 g/mol. The van der Waals surface area contributed by atoms with Gasteiger partial charge in [-0.3, -0.25) is 4.79 Å². The maximum absolute atomic E-state index is 13.7. The van der Waals surface area contributed by atoms with Crippen LogP contribution in [0.25, 0.3) is 0 Å². The van der Waals surface area contributed by atoms with Crippen LogP contribution in [0.15, 0.2) is 18.2 Å². The minimum absolute atomic E-state index is 0.384. The van der Waals surface area contributed by atoms with E-state index in [0.29, 0.717) is 0 Å². The topological polar surface area (TPSA) is 63.3 Å². The van der Waals surface area contributed by atoms with Crippen molar-refractivity contribution in [3.05, 3.63) is 41.1 Å². The Hall–Kier alpha value is -1.56. The quantitative estimate of drug-likeness (QED) is 0.818. The third kappa shape index (κ3) is 2.76. The summed E-state index contributed by atoms with van der Waals surface area (Å²) in [4.78, 5) is 10.9. The van der Waals surface area contributed by atoms with Crippen molar-refractivity contribution in [2.24, 2.45) is 5.73 Å². The third-order valence-corrected chi connectivity index (χ3v) is 2.29. The SMILES string of the molecule is NC(=O)c1cccc([C](CF)[C@H](F)CO)c1F. The van der Waals surface area contributed by atoms with Crippen LogP contribution in [0, 0.1) is 11.7 Å². The lowest BCUT2D eigenvalue weighted by atomic mass is 9.93. The average molecular weight is 246 g/mol. The first-order chi connectivity index (χ1) is 8.02. The smallest absolute Gasteiger partial charge is 0.251 e. The van der Waals surface area contributed by atoms with Gasteiger partial charge in [0.15, 0.2) is 0 Å². The second kappa shape index (κ2) is 5.67. The molecule has 1 rings (SSSR count). The number of aliphatic hydroxyl groups is 1. The van der Waals surface area contributed by atoms with Crippen LogP contribution in [0.3, 0.4) is 0 Å². The highest BCUT2D eigenvalue weighted by Crippen LogP contribution is 2.26. The van der Waals surface area contributed by atoms with Gasteiger partial charge < -0.3 is 10.8 Å². The summed E-state index contributed by atoms with van der Waals surface area (Å²) in [6, 6.07) is 3.50. The fraction of sp³-hybridized carbons (Fsp3) is 0.273. The standard InChI is InChI=1S/C11H11F3NO2/c12-4-8(9(13)5-16)6-2-1-3-7(10(6)14)11(15)17/h1-3,9,16H,4-5H2,(H2,15,17)/t9-/m1/s1. The molecule has 0 saturated heterocycles. The van der Waals surface area contributed by atoms with Gasteiger partial charge in [0.05, 0.1) is 18.1 Å². The van der Waals surface area contributed by atoms with Crippen LogP contribution in [-0.2, 0) is 0 Å². The van der Waals surface area contributed by atoms with Gasteiger partial charge in [0, 0.05) is 5.56 Å². The van der Waals surface area contributed by atoms with Crippen molar-refractivity contribution >= 4 is 5.91 Å². The fourth-order valence-electron chi connectivity index (χ4n) is 1.40. The third-order valence-electron chi connectivity index (χ3n) is 2.29. The molecule has 1 atom stereocenters. The zero-order valence-corrected chi connectivity index (χ0v) is 8.79. The van der Waals surface area contributed by atoms with Gasteiger partial charge in [-0.2, -0.15) is 0 Å². The number of carbonyl (C=O) groups is 1. The lowest BCUT2D eigenvalue weighted by molar-refractivity contribution is 0.0996. The zero-order valence-electron chi connectivity index (χ0n) is 8.79. The van der Waals surface area contributed by atoms with Crippen LogP contribution in [0.4, 0.5) is 13.2 Å². The summed E-state index contributed by atoms with van der Waals surface area (Å²) in [6.07, 6.45) is -2.02. The molecule has 6 heteroatoms. The Morgan fingerprint density at radius 2 is 2.00 bits per heavy atom. The van der Waals surface area contributed by atoms with Gasteiger partial charge in [-0.15, -0.1) is 0 Å². The summed E-state index contributed by atoms with van der Waals surface area (Å²) in [5, 5.41) is 8.59. The van der Waals surface area contributed by atoms with Gasteiger partial charge in [0.1, 0.15) is 18.7 Å². The molecule has 1 aromatic rings. The zero-order chi connectivity index (χ0) is 13.0. The normalized spacial score (nSPS) is 12.8. The van der Waals surface area contributed by atoms with Crippen molar-refractivity contribution < 1.29 is 23.1 Å². The van der Waals surface area contributed by atoms with Gasteiger partial charge in [-0.05, 0) is 6.07 Å². The maximum Gasteiger partial charge on any atom is 0.251 e. The highest BCUT2D eigenvalue weighted by atomic mass is 19.1. The summed E-state index contributed by atoms with van der Waals surface area (Å²) in [5.74, 6) is -2.65. The molecular formula is C11H11F3NO2.